The molecule has 0 amide bonds. The summed E-state index contributed by atoms with van der Waals surface area (Å²) in [5.41, 5.74) is 2.53. The van der Waals surface area contributed by atoms with Crippen LogP contribution in [0.3, 0.4) is 0 Å². The van der Waals surface area contributed by atoms with Crippen LogP contribution in [0.2, 0.25) is 0 Å². The molecule has 1 aromatic carbocycles. The molecule has 1 N–H and O–H groups in total. The Bertz CT molecular complexity index is 324. The SMILES string of the molecule is CNCCc1cc(OC)c(OC)cc1C. The fourth-order valence-electron chi connectivity index (χ4n) is 1.55. The Labute approximate surface area is 91.4 Å². The van der Waals surface area contributed by atoms with E-state index in [2.05, 4.69) is 12.2 Å². The largest absolute Gasteiger partial charge is 0.493 e. The van der Waals surface area contributed by atoms with Crippen LogP contribution in [0.25, 0.3) is 0 Å². The van der Waals surface area contributed by atoms with Crippen LogP contribution in [0.15, 0.2) is 12.1 Å². The molecule has 0 aliphatic heterocycles. The van der Waals surface area contributed by atoms with Gasteiger partial charge in [-0.1, -0.05) is 0 Å². The van der Waals surface area contributed by atoms with E-state index in [1.165, 1.54) is 11.1 Å². The minimum absolute atomic E-state index is 0.795. The van der Waals surface area contributed by atoms with Crippen LogP contribution in [0.4, 0.5) is 0 Å². The van der Waals surface area contributed by atoms with Gasteiger partial charge in [0, 0.05) is 0 Å². The summed E-state index contributed by atoms with van der Waals surface area (Å²) in [7, 11) is 5.27. The van der Waals surface area contributed by atoms with E-state index in [0.29, 0.717) is 0 Å². The summed E-state index contributed by atoms with van der Waals surface area (Å²) >= 11 is 0. The lowest BCUT2D eigenvalue weighted by Crippen LogP contribution is -2.11. The lowest BCUT2D eigenvalue weighted by Gasteiger charge is -2.12. The van der Waals surface area contributed by atoms with E-state index in [4.69, 9.17) is 9.47 Å². The monoisotopic (exact) mass is 209 g/mol. The highest BCUT2D eigenvalue weighted by Crippen LogP contribution is 2.30. The number of methoxy groups -OCH3 is 2. The molecule has 1 aromatic rings. The van der Waals surface area contributed by atoms with Gasteiger partial charge in [0.15, 0.2) is 11.5 Å². The molecule has 0 aromatic heterocycles. The number of likely N-dealkylation sites (N-methyl/N-ethyl adjacent to an activating group) is 1. The summed E-state index contributed by atoms with van der Waals surface area (Å²) < 4.78 is 10.5. The summed E-state index contributed by atoms with van der Waals surface area (Å²) in [5, 5.41) is 3.14. The van der Waals surface area contributed by atoms with Gasteiger partial charge in [0.2, 0.25) is 0 Å². The molecule has 0 bridgehead atoms. The lowest BCUT2D eigenvalue weighted by molar-refractivity contribution is 0.354. The van der Waals surface area contributed by atoms with E-state index >= 15 is 0 Å². The first kappa shape index (κ1) is 11.9. The van der Waals surface area contributed by atoms with Crippen LogP contribution in [0, 0.1) is 6.92 Å². The van der Waals surface area contributed by atoms with E-state index in [9.17, 15) is 0 Å². The van der Waals surface area contributed by atoms with E-state index in [0.717, 1.165) is 24.5 Å². The number of benzene rings is 1. The molecular weight excluding hydrogens is 190 g/mol. The predicted molar refractivity (Wildman–Crippen MR) is 61.9 cm³/mol. The highest BCUT2D eigenvalue weighted by molar-refractivity contribution is 5.47. The molecule has 0 saturated heterocycles. The maximum Gasteiger partial charge on any atom is 0.161 e. The molecule has 15 heavy (non-hydrogen) atoms. The average molecular weight is 209 g/mol. The van der Waals surface area contributed by atoms with E-state index in [1.807, 2.05) is 19.2 Å². The normalized spacial score (nSPS) is 10.1. The number of hydrogen-bond donors (Lipinski definition) is 1. The van der Waals surface area contributed by atoms with Crippen LogP contribution in [-0.2, 0) is 6.42 Å². The fourth-order valence-corrected chi connectivity index (χ4v) is 1.55. The van der Waals surface area contributed by atoms with Crippen molar-refractivity contribution in [1.29, 1.82) is 0 Å². The highest BCUT2D eigenvalue weighted by Gasteiger charge is 2.07. The number of rotatable bonds is 5. The first-order valence-electron chi connectivity index (χ1n) is 5.09. The zero-order chi connectivity index (χ0) is 11.3. The van der Waals surface area contributed by atoms with Gasteiger partial charge in [-0.25, -0.2) is 0 Å². The molecule has 0 fully saturated rings. The standard InChI is InChI=1S/C12H19NO2/c1-9-7-11(14-3)12(15-4)8-10(9)5-6-13-2/h7-8,13H,5-6H2,1-4H3. The Morgan fingerprint density at radius 1 is 1.13 bits per heavy atom. The molecule has 0 heterocycles. The Morgan fingerprint density at radius 3 is 2.27 bits per heavy atom. The minimum atomic E-state index is 0.795. The van der Waals surface area contributed by atoms with Gasteiger partial charge >= 0.3 is 0 Å². The van der Waals surface area contributed by atoms with Crippen molar-refractivity contribution in [2.75, 3.05) is 27.8 Å². The van der Waals surface area contributed by atoms with Crippen molar-refractivity contribution < 1.29 is 9.47 Å². The van der Waals surface area contributed by atoms with Crippen LogP contribution < -0.4 is 14.8 Å². The summed E-state index contributed by atoms with van der Waals surface area (Å²) in [6.45, 7) is 3.06. The molecule has 0 atom stereocenters. The van der Waals surface area contributed by atoms with E-state index < -0.39 is 0 Å². The van der Waals surface area contributed by atoms with Crippen LogP contribution >= 0.6 is 0 Å². The molecule has 0 aliphatic rings. The molecule has 0 radical (unpaired) electrons. The number of nitrogens with one attached hydrogen (secondary N) is 1. The van der Waals surface area contributed by atoms with Crippen molar-refractivity contribution in [2.45, 2.75) is 13.3 Å². The third-order valence-corrected chi connectivity index (χ3v) is 2.49. The van der Waals surface area contributed by atoms with Gasteiger partial charge in [0.25, 0.3) is 0 Å². The van der Waals surface area contributed by atoms with Crippen molar-refractivity contribution >= 4 is 0 Å². The van der Waals surface area contributed by atoms with Crippen LogP contribution in [0.1, 0.15) is 11.1 Å². The summed E-state index contributed by atoms with van der Waals surface area (Å²) in [4.78, 5) is 0. The molecule has 3 heteroatoms. The Morgan fingerprint density at radius 2 is 1.73 bits per heavy atom. The van der Waals surface area contributed by atoms with Crippen molar-refractivity contribution in [2.24, 2.45) is 0 Å². The number of aryl methyl sites for hydroxylation is 1. The van der Waals surface area contributed by atoms with Gasteiger partial charge in [-0.3, -0.25) is 0 Å². The molecule has 0 unspecified atom stereocenters. The summed E-state index contributed by atoms with van der Waals surface area (Å²) in [6, 6.07) is 4.06. The molecule has 0 aliphatic carbocycles. The number of hydrogen-bond acceptors (Lipinski definition) is 3. The Hall–Kier alpha value is -1.22. The molecule has 84 valence electrons. The Kier molecular flexibility index (Phi) is 4.43. The van der Waals surface area contributed by atoms with Gasteiger partial charge in [-0.2, -0.15) is 0 Å². The van der Waals surface area contributed by atoms with Crippen molar-refractivity contribution in [3.05, 3.63) is 23.3 Å². The zero-order valence-electron chi connectivity index (χ0n) is 9.89. The average Bonchev–Trinajstić information content (AvgIpc) is 2.27. The second-order valence-corrected chi connectivity index (χ2v) is 3.49. The van der Waals surface area contributed by atoms with Crippen molar-refractivity contribution in [3.63, 3.8) is 0 Å². The van der Waals surface area contributed by atoms with Crippen molar-refractivity contribution in [3.8, 4) is 11.5 Å². The van der Waals surface area contributed by atoms with E-state index in [1.54, 1.807) is 14.2 Å². The quantitative estimate of drug-likeness (QED) is 0.801. The first-order chi connectivity index (χ1) is 7.22. The van der Waals surface area contributed by atoms with Crippen LogP contribution in [-0.4, -0.2) is 27.8 Å². The summed E-state index contributed by atoms with van der Waals surface area (Å²) in [5.74, 6) is 1.59. The second-order valence-electron chi connectivity index (χ2n) is 3.49. The van der Waals surface area contributed by atoms with Gasteiger partial charge in [-0.15, -0.1) is 0 Å². The van der Waals surface area contributed by atoms with E-state index in [-0.39, 0.29) is 0 Å². The molecule has 0 spiro atoms. The van der Waals surface area contributed by atoms with Crippen molar-refractivity contribution in [1.82, 2.24) is 5.32 Å². The third kappa shape index (κ3) is 2.86. The minimum Gasteiger partial charge on any atom is -0.493 e. The Balaban J connectivity index is 2.97. The smallest absolute Gasteiger partial charge is 0.161 e. The maximum atomic E-state index is 5.27. The fraction of sp³-hybridized carbons (Fsp3) is 0.500. The molecule has 1 rings (SSSR count). The topological polar surface area (TPSA) is 30.5 Å². The third-order valence-electron chi connectivity index (χ3n) is 2.49. The first-order valence-corrected chi connectivity index (χ1v) is 5.09. The lowest BCUT2D eigenvalue weighted by atomic mass is 10.0. The zero-order valence-corrected chi connectivity index (χ0v) is 9.89. The molecule has 0 saturated carbocycles. The van der Waals surface area contributed by atoms with Gasteiger partial charge in [-0.05, 0) is 50.2 Å². The van der Waals surface area contributed by atoms with Gasteiger partial charge in [0.1, 0.15) is 0 Å². The van der Waals surface area contributed by atoms with Gasteiger partial charge < -0.3 is 14.8 Å². The molecule has 3 nitrogen and oxygen atoms in total. The highest BCUT2D eigenvalue weighted by atomic mass is 16.5. The number of ether oxygens (including phenoxy) is 2. The summed E-state index contributed by atoms with van der Waals surface area (Å²) in [6.07, 6.45) is 1.00. The van der Waals surface area contributed by atoms with Gasteiger partial charge in [0.05, 0.1) is 14.2 Å². The molecular formula is C12H19NO2. The maximum absolute atomic E-state index is 5.27. The van der Waals surface area contributed by atoms with Crippen LogP contribution in [0.5, 0.6) is 11.5 Å². The second kappa shape index (κ2) is 5.61. The predicted octanol–water partition coefficient (Wildman–Crippen LogP) is 1.77.